The third-order valence-corrected chi connectivity index (χ3v) is 12.4. The topological polar surface area (TPSA) is 74.3 Å². The summed E-state index contributed by atoms with van der Waals surface area (Å²) in [5.41, 5.74) is 4.23. The molecule has 0 unspecified atom stereocenters. The Morgan fingerprint density at radius 1 is 1.14 bits per heavy atom. The van der Waals surface area contributed by atoms with Crippen molar-refractivity contribution < 1.29 is 28.2 Å². The van der Waals surface area contributed by atoms with E-state index < -0.39 is 8.32 Å². The van der Waals surface area contributed by atoms with Gasteiger partial charge in [0.05, 0.1) is 7.11 Å². The van der Waals surface area contributed by atoms with E-state index in [0.717, 1.165) is 47.6 Å². The van der Waals surface area contributed by atoms with Crippen molar-refractivity contribution in [3.8, 4) is 11.5 Å². The fourth-order valence-electron chi connectivity index (χ4n) is 4.58. The summed E-state index contributed by atoms with van der Waals surface area (Å²) in [7, 11) is -0.607. The minimum atomic E-state index is -2.26. The maximum Gasteiger partial charge on any atom is 0.342 e. The van der Waals surface area contributed by atoms with E-state index in [4.69, 9.17) is 18.6 Å². The number of hydrogen-bond donors (Lipinski definition) is 0. The van der Waals surface area contributed by atoms with Gasteiger partial charge < -0.3 is 18.6 Å². The Kier molecular flexibility index (Phi) is 9.50. The molecule has 0 N–H and O–H groups in total. The summed E-state index contributed by atoms with van der Waals surface area (Å²) >= 11 is 0. The molecule has 0 atom stereocenters. The van der Waals surface area contributed by atoms with Gasteiger partial charge in [-0.25, -0.2) is 4.79 Å². The van der Waals surface area contributed by atoms with Crippen LogP contribution < -0.4 is 9.16 Å². The number of methoxy groups -OCH3 is 1. The van der Waals surface area contributed by atoms with Crippen LogP contribution in [0.5, 0.6) is 11.5 Å². The van der Waals surface area contributed by atoms with Crippen LogP contribution in [0.1, 0.15) is 80.4 Å². The van der Waals surface area contributed by atoms with Gasteiger partial charge in [0.2, 0.25) is 0 Å². The number of likely N-dealkylation sites (tertiary alicyclic amines) is 1. The van der Waals surface area contributed by atoms with Gasteiger partial charge in [0, 0.05) is 24.1 Å². The van der Waals surface area contributed by atoms with Crippen LogP contribution in [0.4, 0.5) is 0 Å². The van der Waals surface area contributed by atoms with Gasteiger partial charge in [-0.15, -0.1) is 0 Å². The molecule has 1 aromatic carbocycles. The van der Waals surface area contributed by atoms with Gasteiger partial charge in [-0.2, -0.15) is 0 Å². The number of allylic oxidation sites excluding steroid dienone is 2. The zero-order valence-corrected chi connectivity index (χ0v) is 25.0. The van der Waals surface area contributed by atoms with Crippen molar-refractivity contribution >= 4 is 20.3 Å². The number of carbonyl (C=O) groups is 2. The zero-order valence-electron chi connectivity index (χ0n) is 24.0. The van der Waals surface area contributed by atoms with Gasteiger partial charge in [0.25, 0.3) is 8.32 Å². The van der Waals surface area contributed by atoms with Crippen LogP contribution in [0.15, 0.2) is 11.6 Å². The van der Waals surface area contributed by atoms with Crippen LogP contribution in [0, 0.1) is 6.92 Å². The molecule has 7 nitrogen and oxygen atoms in total. The second-order valence-corrected chi connectivity index (χ2v) is 16.5. The normalized spacial score (nSPS) is 16.5. The molecule has 0 aromatic heterocycles. The number of carbonyl (C=O) groups excluding carboxylic acids is 2. The van der Waals surface area contributed by atoms with Gasteiger partial charge in [-0.3, -0.25) is 9.69 Å². The van der Waals surface area contributed by atoms with E-state index in [2.05, 4.69) is 44.8 Å². The largest absolute Gasteiger partial charge is 0.543 e. The second kappa shape index (κ2) is 12.0. The highest BCUT2D eigenvalue weighted by molar-refractivity contribution is 6.74. The van der Waals surface area contributed by atoms with Crippen LogP contribution in [-0.4, -0.2) is 58.5 Å². The second-order valence-electron chi connectivity index (χ2n) is 11.8. The Morgan fingerprint density at radius 2 is 1.81 bits per heavy atom. The molecular formula is C29H45NO6Si. The number of hydrogen-bond acceptors (Lipinski definition) is 7. The molecule has 2 heterocycles. The van der Waals surface area contributed by atoms with E-state index in [1.807, 2.05) is 13.8 Å². The molecule has 0 bridgehead atoms. The molecule has 8 heteroatoms. The van der Waals surface area contributed by atoms with E-state index in [0.29, 0.717) is 37.2 Å². The number of rotatable bonds is 11. The summed E-state index contributed by atoms with van der Waals surface area (Å²) in [4.78, 5) is 27.4. The predicted molar refractivity (Wildman–Crippen MR) is 148 cm³/mol. The van der Waals surface area contributed by atoms with Gasteiger partial charge in [0.1, 0.15) is 30.3 Å². The van der Waals surface area contributed by atoms with Gasteiger partial charge in [0.15, 0.2) is 0 Å². The predicted octanol–water partition coefficient (Wildman–Crippen LogP) is 5.97. The fourth-order valence-corrected chi connectivity index (χ4v) is 5.62. The van der Waals surface area contributed by atoms with Crippen LogP contribution in [-0.2, 0) is 27.3 Å². The molecule has 206 valence electrons. The molecule has 0 saturated carbocycles. The lowest BCUT2D eigenvalue weighted by atomic mass is 9.94. The Bertz CT molecular complexity index is 1030. The Hall–Kier alpha value is -2.32. The highest BCUT2D eigenvalue weighted by atomic mass is 28.4. The van der Waals surface area contributed by atoms with Gasteiger partial charge in [-0.1, -0.05) is 32.4 Å². The first-order chi connectivity index (χ1) is 17.4. The summed E-state index contributed by atoms with van der Waals surface area (Å²) in [5, 5.41) is -0.0430. The highest BCUT2D eigenvalue weighted by Gasteiger charge is 2.42. The first-order valence-electron chi connectivity index (χ1n) is 13.5. The Balaban J connectivity index is 1.77. The standard InChI is InChI=1S/C29H45NO6Si/c1-20(12-14-24(31)34-18-17-30-15-9-10-16-30)11-13-22-26(33-6)21(2)23-19-35-28(32)25(23)27(22)36-37(7,8)29(3,4)5/h11H,9-10,12-19H2,1-8H3/b20-11+. The summed E-state index contributed by atoms with van der Waals surface area (Å²) in [6, 6.07) is 0. The summed E-state index contributed by atoms with van der Waals surface area (Å²) in [5.74, 6) is 0.823. The van der Waals surface area contributed by atoms with E-state index in [9.17, 15) is 9.59 Å². The van der Waals surface area contributed by atoms with Crippen molar-refractivity contribution in [2.45, 2.75) is 91.5 Å². The number of esters is 2. The molecule has 0 aliphatic carbocycles. The first kappa shape index (κ1) is 29.2. The van der Waals surface area contributed by atoms with Crippen LogP contribution in [0.3, 0.4) is 0 Å². The Morgan fingerprint density at radius 3 is 2.43 bits per heavy atom. The lowest BCUT2D eigenvalue weighted by Gasteiger charge is -2.37. The van der Waals surface area contributed by atoms with Crippen molar-refractivity contribution in [3.05, 3.63) is 33.9 Å². The summed E-state index contributed by atoms with van der Waals surface area (Å²) in [6.45, 7) is 18.6. The van der Waals surface area contributed by atoms with Gasteiger partial charge >= 0.3 is 11.9 Å². The highest BCUT2D eigenvalue weighted by Crippen LogP contribution is 2.46. The molecule has 0 amide bonds. The van der Waals surface area contributed by atoms with Crippen molar-refractivity contribution in [1.29, 1.82) is 0 Å². The Labute approximate surface area is 223 Å². The SMILES string of the molecule is COc1c(C)c2c(c(O[Si](C)(C)C(C)(C)C)c1C/C=C(\C)CCC(=O)OCCN1CCCC1)C(=O)OC2. The molecule has 2 aliphatic heterocycles. The molecule has 2 aliphatic rings. The third-order valence-electron chi connectivity index (χ3n) is 8.04. The van der Waals surface area contributed by atoms with Crippen molar-refractivity contribution in [2.24, 2.45) is 0 Å². The van der Waals surface area contributed by atoms with Crippen LogP contribution >= 0.6 is 0 Å². The van der Waals surface area contributed by atoms with Crippen LogP contribution in [0.25, 0.3) is 0 Å². The molecule has 1 aromatic rings. The first-order valence-corrected chi connectivity index (χ1v) is 16.4. The minimum absolute atomic E-state index is 0.0430. The third kappa shape index (κ3) is 6.96. The number of nitrogens with zero attached hydrogens (tertiary/aromatic N) is 1. The molecule has 0 spiro atoms. The maximum atomic E-state index is 12.8. The van der Waals surface area contributed by atoms with E-state index >= 15 is 0 Å². The minimum Gasteiger partial charge on any atom is -0.543 e. The summed E-state index contributed by atoms with van der Waals surface area (Å²) in [6.07, 6.45) is 6.06. The molecule has 37 heavy (non-hydrogen) atoms. The molecular weight excluding hydrogens is 486 g/mol. The monoisotopic (exact) mass is 531 g/mol. The number of benzene rings is 1. The molecule has 1 saturated heterocycles. The molecule has 3 rings (SSSR count). The fraction of sp³-hybridized carbons (Fsp3) is 0.655. The quantitative estimate of drug-likeness (QED) is 0.198. The van der Waals surface area contributed by atoms with Crippen molar-refractivity contribution in [1.82, 2.24) is 4.90 Å². The average Bonchev–Trinajstić information content (AvgIpc) is 3.47. The number of fused-ring (bicyclic) bond motifs is 1. The lowest BCUT2D eigenvalue weighted by molar-refractivity contribution is -0.143. The van der Waals surface area contributed by atoms with E-state index in [1.54, 1.807) is 7.11 Å². The number of ether oxygens (including phenoxy) is 3. The maximum absolute atomic E-state index is 12.8. The average molecular weight is 532 g/mol. The van der Waals surface area contributed by atoms with E-state index in [1.165, 1.54) is 12.8 Å². The lowest BCUT2D eigenvalue weighted by Crippen LogP contribution is -2.44. The van der Waals surface area contributed by atoms with E-state index in [-0.39, 0.29) is 23.6 Å². The molecule has 1 fully saturated rings. The zero-order chi connectivity index (χ0) is 27.4. The summed E-state index contributed by atoms with van der Waals surface area (Å²) < 4.78 is 23.5. The number of cyclic esters (lactones) is 1. The smallest absolute Gasteiger partial charge is 0.342 e. The van der Waals surface area contributed by atoms with Crippen LogP contribution in [0.2, 0.25) is 18.1 Å². The molecule has 0 radical (unpaired) electrons. The van der Waals surface area contributed by atoms with Crippen molar-refractivity contribution in [2.75, 3.05) is 33.4 Å². The van der Waals surface area contributed by atoms with Crippen molar-refractivity contribution in [3.63, 3.8) is 0 Å². The van der Waals surface area contributed by atoms with Gasteiger partial charge in [-0.05, 0) is 76.3 Å².